The molecule has 6 aromatic heterocycles. The number of carbonyl (C=O) groups excluding carboxylic acids is 1. The van der Waals surface area contributed by atoms with E-state index in [0.29, 0.717) is 88.8 Å². The molecule has 0 unspecified atom stereocenters. The molecule has 8 aromatic rings. The number of aryl methyl sites for hydroxylation is 2. The Morgan fingerprint density at radius 1 is 0.695 bits per heavy atom. The summed E-state index contributed by atoms with van der Waals surface area (Å²) in [6.45, 7) is 4.17. The van der Waals surface area contributed by atoms with E-state index in [1.807, 2.05) is 0 Å². The van der Waals surface area contributed by atoms with Gasteiger partial charge in [-0.3, -0.25) is 14.8 Å². The molecule has 17 nitrogen and oxygen atoms in total. The van der Waals surface area contributed by atoms with Crippen molar-refractivity contribution >= 4 is 11.9 Å². The molecule has 4 N–H and O–H groups in total. The Kier molecular flexibility index (Phi) is 13.4. The molecule has 300 valence electrons. The highest BCUT2D eigenvalue weighted by atomic mass is 19.1. The van der Waals surface area contributed by atoms with E-state index in [4.69, 9.17) is 28.7 Å². The third-order valence-corrected chi connectivity index (χ3v) is 7.94. The van der Waals surface area contributed by atoms with Gasteiger partial charge >= 0.3 is 5.97 Å². The molecule has 0 aliphatic rings. The number of hydrogen-bond acceptors (Lipinski definition) is 15. The van der Waals surface area contributed by atoms with Gasteiger partial charge in [-0.25, -0.2) is 23.5 Å². The van der Waals surface area contributed by atoms with Gasteiger partial charge in [0.05, 0.1) is 33.6 Å². The van der Waals surface area contributed by atoms with Crippen molar-refractivity contribution in [3.63, 3.8) is 0 Å². The van der Waals surface area contributed by atoms with Crippen LogP contribution in [0.15, 0.2) is 116 Å². The number of nitrogens with two attached hydrogens (primary N) is 1. The topological polar surface area (TPSA) is 248 Å². The van der Waals surface area contributed by atoms with Crippen LogP contribution in [0.5, 0.6) is 0 Å². The molecule has 0 bridgehead atoms. The van der Waals surface area contributed by atoms with E-state index in [2.05, 4.69) is 45.5 Å². The van der Waals surface area contributed by atoms with E-state index >= 15 is 0 Å². The van der Waals surface area contributed by atoms with Crippen LogP contribution in [0, 0.1) is 25.5 Å². The first kappa shape index (κ1) is 40.9. The number of carbonyl (C=O) groups is 2. The Bertz CT molecular complexity index is 2660. The number of rotatable bonds is 11. The SMILES string of the molecule is Cc1nc(-c2cncc(C(=O)NCCc3coc(-c4ccccc4F)n3)c2)no1.Cc1nc(-c2cncc(C(=O)O)c2)no1.NCCc1coc(-c2ccccc2F)n1. The van der Waals surface area contributed by atoms with E-state index in [9.17, 15) is 18.4 Å². The number of hydrogen-bond donors (Lipinski definition) is 3. The van der Waals surface area contributed by atoms with E-state index in [1.165, 1.54) is 49.3 Å². The molecule has 0 radical (unpaired) electrons. The highest BCUT2D eigenvalue weighted by Crippen LogP contribution is 2.23. The lowest BCUT2D eigenvalue weighted by Gasteiger charge is -2.04. The molecular weight excluding hydrogens is 770 g/mol. The number of aromatic carboxylic acids is 1. The van der Waals surface area contributed by atoms with Gasteiger partial charge in [0, 0.05) is 69.1 Å². The molecule has 0 aliphatic heterocycles. The Labute approximate surface area is 333 Å². The van der Waals surface area contributed by atoms with Crippen LogP contribution < -0.4 is 11.1 Å². The monoisotopic (exact) mass is 804 g/mol. The van der Waals surface area contributed by atoms with Gasteiger partial charge in [-0.2, -0.15) is 9.97 Å². The molecule has 2 aromatic carbocycles. The van der Waals surface area contributed by atoms with Crippen LogP contribution in [0.4, 0.5) is 8.78 Å². The van der Waals surface area contributed by atoms with Gasteiger partial charge in [-0.15, -0.1) is 0 Å². The van der Waals surface area contributed by atoms with Crippen LogP contribution >= 0.6 is 0 Å². The minimum Gasteiger partial charge on any atom is -0.478 e. The van der Waals surface area contributed by atoms with Crippen LogP contribution in [-0.2, 0) is 12.8 Å². The number of aromatic nitrogens is 8. The van der Waals surface area contributed by atoms with Crippen molar-refractivity contribution in [2.45, 2.75) is 26.7 Å². The van der Waals surface area contributed by atoms with Crippen molar-refractivity contribution in [2.75, 3.05) is 13.1 Å². The zero-order valence-corrected chi connectivity index (χ0v) is 31.4. The molecule has 0 saturated carbocycles. The van der Waals surface area contributed by atoms with Crippen LogP contribution in [0.1, 0.15) is 43.9 Å². The van der Waals surface area contributed by atoms with Gasteiger partial charge < -0.3 is 34.0 Å². The highest BCUT2D eigenvalue weighted by molar-refractivity contribution is 5.94. The number of halogens is 2. The minimum atomic E-state index is -1.04. The smallest absolute Gasteiger partial charge is 0.337 e. The average molecular weight is 805 g/mol. The van der Waals surface area contributed by atoms with Crippen molar-refractivity contribution in [2.24, 2.45) is 5.73 Å². The van der Waals surface area contributed by atoms with E-state index in [0.717, 1.165) is 5.69 Å². The molecule has 0 fully saturated rings. The second-order valence-electron chi connectivity index (χ2n) is 12.3. The van der Waals surface area contributed by atoms with E-state index in [-0.39, 0.29) is 23.2 Å². The molecule has 0 aliphatic carbocycles. The number of nitrogens with zero attached hydrogens (tertiary/aromatic N) is 8. The maximum absolute atomic E-state index is 13.8. The van der Waals surface area contributed by atoms with Crippen molar-refractivity contribution in [3.05, 3.63) is 144 Å². The molecule has 1 amide bonds. The Balaban J connectivity index is 0.000000164. The second kappa shape index (κ2) is 19.4. The highest BCUT2D eigenvalue weighted by Gasteiger charge is 2.15. The lowest BCUT2D eigenvalue weighted by atomic mass is 10.2. The Morgan fingerprint density at radius 2 is 1.19 bits per heavy atom. The van der Waals surface area contributed by atoms with Gasteiger partial charge in [-0.1, -0.05) is 34.6 Å². The molecule has 59 heavy (non-hydrogen) atoms. The predicted molar refractivity (Wildman–Crippen MR) is 204 cm³/mol. The van der Waals surface area contributed by atoms with Crippen LogP contribution in [0.3, 0.4) is 0 Å². The first-order chi connectivity index (χ1) is 28.6. The third-order valence-electron chi connectivity index (χ3n) is 7.94. The number of benzene rings is 2. The van der Waals surface area contributed by atoms with Gasteiger partial charge in [0.25, 0.3) is 5.91 Å². The number of carboxylic acid groups (broad SMARTS) is 1. The lowest BCUT2D eigenvalue weighted by Crippen LogP contribution is -2.25. The number of nitrogens with one attached hydrogen (secondary N) is 1. The van der Waals surface area contributed by atoms with Gasteiger partial charge in [-0.05, 0) is 42.9 Å². The minimum absolute atomic E-state index is 0.0925. The fourth-order valence-electron chi connectivity index (χ4n) is 5.11. The van der Waals surface area contributed by atoms with Crippen molar-refractivity contribution < 1.29 is 41.4 Å². The van der Waals surface area contributed by atoms with Gasteiger partial charge in [0.2, 0.25) is 35.2 Å². The quantitative estimate of drug-likeness (QED) is 0.129. The van der Waals surface area contributed by atoms with Crippen molar-refractivity contribution in [1.82, 2.24) is 45.5 Å². The standard InChI is InChI=1S/C20H16FN5O3.C11H11FN2O.C9H7N3O3/c1-12-24-18(26-29-12)13-8-14(10-22-9-13)19(27)23-7-6-15-11-28-20(25-15)16-4-2-3-5-17(16)21;12-10-4-2-1-3-9(10)11-14-8(5-6-13)7-15-11;1-5-11-8(12-15-5)6-2-7(9(13)14)4-10-3-6/h2-5,8-11H,6-7H2,1H3,(H,23,27);1-4,7H,5-6,13H2;2-4H,1H3,(H,13,14). The van der Waals surface area contributed by atoms with Crippen molar-refractivity contribution in [3.8, 4) is 45.7 Å². The largest absolute Gasteiger partial charge is 0.478 e. The molecule has 8 rings (SSSR count). The first-order valence-electron chi connectivity index (χ1n) is 17.7. The summed E-state index contributed by atoms with van der Waals surface area (Å²) < 4.78 is 47.4. The fraction of sp³-hybridized carbons (Fsp3) is 0.150. The summed E-state index contributed by atoms with van der Waals surface area (Å²) >= 11 is 0. The summed E-state index contributed by atoms with van der Waals surface area (Å²) in [5, 5.41) is 19.0. The summed E-state index contributed by atoms with van der Waals surface area (Å²) in [6, 6.07) is 15.7. The van der Waals surface area contributed by atoms with Gasteiger partial charge in [0.15, 0.2) is 0 Å². The molecule has 0 saturated heterocycles. The summed E-state index contributed by atoms with van der Waals surface area (Å²) in [5.41, 5.74) is 8.98. The normalized spacial score (nSPS) is 10.6. The van der Waals surface area contributed by atoms with E-state index < -0.39 is 11.8 Å². The maximum Gasteiger partial charge on any atom is 0.337 e. The molecule has 0 atom stereocenters. The van der Waals surface area contributed by atoms with E-state index in [1.54, 1.807) is 62.5 Å². The summed E-state index contributed by atoms with van der Waals surface area (Å²) in [4.78, 5) is 47.4. The van der Waals surface area contributed by atoms with Crippen molar-refractivity contribution in [1.29, 1.82) is 0 Å². The average Bonchev–Trinajstić information content (AvgIpc) is 4.08. The summed E-state index contributed by atoms with van der Waals surface area (Å²) in [6.07, 6.45) is 9.79. The van der Waals surface area contributed by atoms with Gasteiger partial charge in [0.1, 0.15) is 24.2 Å². The fourth-order valence-corrected chi connectivity index (χ4v) is 5.11. The number of pyridine rings is 2. The molecule has 6 heterocycles. The molecular formula is C40H34F2N10O7. The molecule has 0 spiro atoms. The number of amides is 1. The Morgan fingerprint density at radius 3 is 1.66 bits per heavy atom. The van der Waals surface area contributed by atoms with Crippen LogP contribution in [0.2, 0.25) is 0 Å². The maximum atomic E-state index is 13.8. The first-order valence-corrected chi connectivity index (χ1v) is 17.7. The number of carboxylic acids is 1. The molecule has 19 heteroatoms. The zero-order chi connectivity index (χ0) is 41.7. The predicted octanol–water partition coefficient (Wildman–Crippen LogP) is 6.33. The Hall–Kier alpha value is -7.80. The third kappa shape index (κ3) is 11.0. The second-order valence-corrected chi connectivity index (χ2v) is 12.3. The van der Waals surface area contributed by atoms with Crippen LogP contribution in [-0.4, -0.2) is 70.3 Å². The summed E-state index contributed by atoms with van der Waals surface area (Å²) in [5.74, 6) is -0.00811. The zero-order valence-electron chi connectivity index (χ0n) is 31.4. The van der Waals surface area contributed by atoms with Crippen LogP contribution in [0.25, 0.3) is 45.7 Å². The number of oxazole rings is 2. The summed E-state index contributed by atoms with van der Waals surface area (Å²) in [7, 11) is 0. The lowest BCUT2D eigenvalue weighted by molar-refractivity contribution is 0.0696.